The molecule has 0 saturated carbocycles. The normalized spacial score (nSPS) is 10.8. The maximum Gasteiger partial charge on any atom is 0.0715 e. The molecule has 3 nitrogen and oxygen atoms in total. The van der Waals surface area contributed by atoms with Crippen molar-refractivity contribution < 1.29 is 5.11 Å². The third-order valence-corrected chi connectivity index (χ3v) is 3.11. The predicted octanol–water partition coefficient (Wildman–Crippen LogP) is 2.68. The van der Waals surface area contributed by atoms with Crippen molar-refractivity contribution in [3.63, 3.8) is 0 Å². The lowest BCUT2D eigenvalue weighted by Crippen LogP contribution is -2.07. The van der Waals surface area contributed by atoms with E-state index in [9.17, 15) is 5.11 Å². The minimum absolute atomic E-state index is 0.0726. The van der Waals surface area contributed by atoms with Gasteiger partial charge < -0.3 is 5.11 Å². The highest BCUT2D eigenvalue weighted by Crippen LogP contribution is 2.14. The van der Waals surface area contributed by atoms with Gasteiger partial charge in [0.15, 0.2) is 0 Å². The van der Waals surface area contributed by atoms with Gasteiger partial charge in [0.05, 0.1) is 19.3 Å². The van der Waals surface area contributed by atoms with Gasteiger partial charge in [-0.05, 0) is 18.9 Å². The van der Waals surface area contributed by atoms with E-state index in [1.165, 1.54) is 11.1 Å². The van der Waals surface area contributed by atoms with Crippen LogP contribution >= 0.6 is 0 Å². The van der Waals surface area contributed by atoms with Crippen LogP contribution < -0.4 is 0 Å². The van der Waals surface area contributed by atoms with E-state index in [1.54, 1.807) is 6.20 Å². The lowest BCUT2D eigenvalue weighted by molar-refractivity contribution is 0.280. The fourth-order valence-corrected chi connectivity index (χ4v) is 2.23. The summed E-state index contributed by atoms with van der Waals surface area (Å²) in [4.78, 5) is 0. The lowest BCUT2D eigenvalue weighted by Gasteiger charge is -2.09. The molecule has 1 aromatic carbocycles. The van der Waals surface area contributed by atoms with Gasteiger partial charge >= 0.3 is 0 Å². The van der Waals surface area contributed by atoms with Crippen molar-refractivity contribution in [3.8, 4) is 0 Å². The Bertz CT molecular complexity index is 517. The molecule has 18 heavy (non-hydrogen) atoms. The molecule has 0 spiro atoms. The van der Waals surface area contributed by atoms with Gasteiger partial charge in [0.1, 0.15) is 0 Å². The first-order valence-corrected chi connectivity index (χ1v) is 6.44. The monoisotopic (exact) mass is 244 g/mol. The van der Waals surface area contributed by atoms with E-state index in [0.717, 1.165) is 30.6 Å². The van der Waals surface area contributed by atoms with Crippen molar-refractivity contribution in [3.05, 3.63) is 52.8 Å². The number of aromatic nitrogens is 2. The average Bonchev–Trinajstić information content (AvgIpc) is 2.72. The molecular formula is C15H20N2O. The van der Waals surface area contributed by atoms with Crippen molar-refractivity contribution >= 4 is 0 Å². The van der Waals surface area contributed by atoms with E-state index in [0.29, 0.717) is 0 Å². The summed E-state index contributed by atoms with van der Waals surface area (Å²) in [5.74, 6) is 0. The minimum Gasteiger partial charge on any atom is -0.392 e. The summed E-state index contributed by atoms with van der Waals surface area (Å²) in [5.41, 5.74) is 4.62. The summed E-state index contributed by atoms with van der Waals surface area (Å²) in [5, 5.41) is 13.7. The molecular weight excluding hydrogens is 224 g/mol. The van der Waals surface area contributed by atoms with Crippen LogP contribution in [0.15, 0.2) is 30.5 Å². The zero-order valence-corrected chi connectivity index (χ0v) is 11.1. The van der Waals surface area contributed by atoms with E-state index in [1.807, 2.05) is 4.68 Å². The van der Waals surface area contributed by atoms with Crippen LogP contribution in [-0.2, 0) is 19.6 Å². The molecule has 1 aromatic heterocycles. The first kappa shape index (κ1) is 12.8. The molecule has 2 aromatic rings. The van der Waals surface area contributed by atoms with Crippen LogP contribution in [0.1, 0.15) is 35.7 Å². The van der Waals surface area contributed by atoms with Crippen LogP contribution in [0.3, 0.4) is 0 Å². The molecule has 0 saturated heterocycles. The second-order valence-electron chi connectivity index (χ2n) is 4.67. The highest BCUT2D eigenvalue weighted by molar-refractivity contribution is 5.24. The minimum atomic E-state index is 0.0726. The highest BCUT2D eigenvalue weighted by Gasteiger charge is 2.09. The second kappa shape index (κ2) is 5.83. The van der Waals surface area contributed by atoms with Crippen molar-refractivity contribution in [1.82, 2.24) is 9.78 Å². The quantitative estimate of drug-likeness (QED) is 0.878. The largest absolute Gasteiger partial charge is 0.392 e. The van der Waals surface area contributed by atoms with Crippen molar-refractivity contribution in [2.24, 2.45) is 0 Å². The molecule has 0 bridgehead atoms. The van der Waals surface area contributed by atoms with Gasteiger partial charge in [-0.3, -0.25) is 4.68 Å². The average molecular weight is 244 g/mol. The standard InChI is InChI=1S/C15H20N2O/c1-3-5-15-14(11-18)9-16-17(15)10-13-7-4-6-12(2)8-13/h4,6-9,18H,3,5,10-11H2,1-2H3. The van der Waals surface area contributed by atoms with E-state index in [4.69, 9.17) is 0 Å². The van der Waals surface area contributed by atoms with E-state index in [2.05, 4.69) is 43.2 Å². The number of aliphatic hydroxyl groups excluding tert-OH is 1. The van der Waals surface area contributed by atoms with Crippen LogP contribution in [0.5, 0.6) is 0 Å². The fourth-order valence-electron chi connectivity index (χ4n) is 2.23. The Morgan fingerprint density at radius 2 is 2.17 bits per heavy atom. The summed E-state index contributed by atoms with van der Waals surface area (Å²) >= 11 is 0. The number of rotatable bonds is 5. The van der Waals surface area contributed by atoms with Gasteiger partial charge in [-0.2, -0.15) is 5.10 Å². The first-order valence-electron chi connectivity index (χ1n) is 6.44. The van der Waals surface area contributed by atoms with Crippen LogP contribution in [-0.4, -0.2) is 14.9 Å². The van der Waals surface area contributed by atoms with Crippen molar-refractivity contribution in [2.45, 2.75) is 39.8 Å². The number of aliphatic hydroxyl groups is 1. The predicted molar refractivity (Wildman–Crippen MR) is 72.4 cm³/mol. The van der Waals surface area contributed by atoms with Crippen LogP contribution in [0.2, 0.25) is 0 Å². The molecule has 0 atom stereocenters. The second-order valence-corrected chi connectivity index (χ2v) is 4.67. The number of hydrogen-bond acceptors (Lipinski definition) is 2. The summed E-state index contributed by atoms with van der Waals surface area (Å²) in [6.07, 6.45) is 3.80. The number of benzene rings is 1. The molecule has 1 heterocycles. The molecule has 96 valence electrons. The smallest absolute Gasteiger partial charge is 0.0715 e. The zero-order valence-electron chi connectivity index (χ0n) is 11.1. The Morgan fingerprint density at radius 3 is 2.83 bits per heavy atom. The summed E-state index contributed by atoms with van der Waals surface area (Å²) in [7, 11) is 0. The Kier molecular flexibility index (Phi) is 4.15. The Hall–Kier alpha value is -1.61. The Morgan fingerprint density at radius 1 is 1.33 bits per heavy atom. The molecule has 3 heteroatoms. The summed E-state index contributed by atoms with van der Waals surface area (Å²) < 4.78 is 2.00. The lowest BCUT2D eigenvalue weighted by atomic mass is 10.1. The highest BCUT2D eigenvalue weighted by atomic mass is 16.3. The number of aryl methyl sites for hydroxylation is 1. The number of nitrogens with zero attached hydrogens (tertiary/aromatic N) is 2. The molecule has 0 aliphatic rings. The van der Waals surface area contributed by atoms with Gasteiger partial charge in [0, 0.05) is 11.3 Å². The van der Waals surface area contributed by atoms with Gasteiger partial charge in [-0.25, -0.2) is 0 Å². The van der Waals surface area contributed by atoms with Gasteiger partial charge in [0.25, 0.3) is 0 Å². The Labute approximate surface area is 108 Å². The topological polar surface area (TPSA) is 38.1 Å². The fraction of sp³-hybridized carbons (Fsp3) is 0.400. The van der Waals surface area contributed by atoms with Crippen LogP contribution in [0.4, 0.5) is 0 Å². The van der Waals surface area contributed by atoms with Crippen LogP contribution in [0.25, 0.3) is 0 Å². The molecule has 1 N–H and O–H groups in total. The van der Waals surface area contributed by atoms with Gasteiger partial charge in [0.2, 0.25) is 0 Å². The third-order valence-electron chi connectivity index (χ3n) is 3.11. The van der Waals surface area contributed by atoms with Gasteiger partial charge in [-0.15, -0.1) is 0 Å². The molecule has 2 rings (SSSR count). The molecule has 0 fully saturated rings. The van der Waals surface area contributed by atoms with E-state index >= 15 is 0 Å². The summed E-state index contributed by atoms with van der Waals surface area (Å²) in [6.45, 7) is 5.09. The maximum atomic E-state index is 9.32. The third kappa shape index (κ3) is 2.79. The molecule has 0 amide bonds. The molecule has 0 aliphatic heterocycles. The van der Waals surface area contributed by atoms with Gasteiger partial charge in [-0.1, -0.05) is 43.2 Å². The van der Waals surface area contributed by atoms with Crippen molar-refractivity contribution in [2.75, 3.05) is 0 Å². The zero-order chi connectivity index (χ0) is 13.0. The molecule has 0 aliphatic carbocycles. The number of hydrogen-bond donors (Lipinski definition) is 1. The van der Waals surface area contributed by atoms with Crippen molar-refractivity contribution in [1.29, 1.82) is 0 Å². The van der Waals surface area contributed by atoms with E-state index < -0.39 is 0 Å². The SMILES string of the molecule is CCCc1c(CO)cnn1Cc1cccc(C)c1. The molecule has 0 radical (unpaired) electrons. The first-order chi connectivity index (χ1) is 8.74. The molecule has 0 unspecified atom stereocenters. The van der Waals surface area contributed by atoms with Crippen LogP contribution in [0, 0.1) is 6.92 Å². The Balaban J connectivity index is 2.25. The maximum absolute atomic E-state index is 9.32. The van der Waals surface area contributed by atoms with E-state index in [-0.39, 0.29) is 6.61 Å². The summed E-state index contributed by atoms with van der Waals surface area (Å²) in [6, 6.07) is 8.46.